The number of benzene rings is 1. The van der Waals surface area contributed by atoms with Crippen LogP contribution >= 0.6 is 0 Å². The third-order valence-corrected chi connectivity index (χ3v) is 10.2. The summed E-state index contributed by atoms with van der Waals surface area (Å²) in [4.78, 5) is 34.0. The fourth-order valence-corrected chi connectivity index (χ4v) is 7.38. The molecule has 12 nitrogen and oxygen atoms in total. The molecule has 4 atom stereocenters. The number of amides is 2. The van der Waals surface area contributed by atoms with Crippen LogP contribution in [0.3, 0.4) is 0 Å². The number of aryl methyl sites for hydroxylation is 1. The molecule has 0 bridgehead atoms. The van der Waals surface area contributed by atoms with Crippen LogP contribution in [0.1, 0.15) is 63.3 Å². The molecule has 3 N–H and O–H groups in total. The third kappa shape index (κ3) is 7.55. The van der Waals surface area contributed by atoms with Crippen molar-refractivity contribution in [2.75, 3.05) is 57.3 Å². The highest BCUT2D eigenvalue weighted by molar-refractivity contribution is 5.91. The molecule has 12 heteroatoms. The lowest BCUT2D eigenvalue weighted by Crippen LogP contribution is -2.49. The molecular weight excluding hydrogens is 596 g/mol. The summed E-state index contributed by atoms with van der Waals surface area (Å²) < 4.78 is 7.65. The number of aliphatic hydroxyl groups excluding tert-OH is 1. The molecule has 0 saturated carbocycles. The Morgan fingerprint density at radius 2 is 1.79 bits per heavy atom. The van der Waals surface area contributed by atoms with E-state index in [0.717, 1.165) is 74.4 Å². The monoisotopic (exact) mass is 646 g/mol. The minimum absolute atomic E-state index is 0.0940. The summed E-state index contributed by atoms with van der Waals surface area (Å²) in [6.07, 6.45) is 3.67. The van der Waals surface area contributed by atoms with Crippen molar-refractivity contribution in [2.24, 2.45) is 18.9 Å². The first-order chi connectivity index (χ1) is 22.7. The van der Waals surface area contributed by atoms with Crippen molar-refractivity contribution >= 4 is 17.6 Å². The number of aliphatic hydroxyl groups is 1. The van der Waals surface area contributed by atoms with Crippen molar-refractivity contribution < 1.29 is 19.2 Å². The van der Waals surface area contributed by atoms with Crippen molar-refractivity contribution in [3.63, 3.8) is 0 Å². The largest absolute Gasteiger partial charge is 0.391 e. The van der Waals surface area contributed by atoms with Gasteiger partial charge in [-0.25, -0.2) is 0 Å². The van der Waals surface area contributed by atoms with Gasteiger partial charge in [0.25, 0.3) is 0 Å². The van der Waals surface area contributed by atoms with E-state index in [2.05, 4.69) is 30.7 Å². The van der Waals surface area contributed by atoms with Crippen LogP contribution < -0.4 is 15.5 Å². The minimum Gasteiger partial charge on any atom is -0.391 e. The van der Waals surface area contributed by atoms with Gasteiger partial charge in [-0.15, -0.1) is 0 Å². The number of likely N-dealkylation sites (tertiary alicyclic amines) is 1. The summed E-state index contributed by atoms with van der Waals surface area (Å²) in [5.74, 6) is 0.805. The van der Waals surface area contributed by atoms with Crippen molar-refractivity contribution in [2.45, 2.75) is 64.1 Å². The van der Waals surface area contributed by atoms with Gasteiger partial charge in [0, 0.05) is 65.0 Å². The Kier molecular flexibility index (Phi) is 10.3. The second-order valence-electron chi connectivity index (χ2n) is 13.9. The van der Waals surface area contributed by atoms with Crippen LogP contribution in [0.15, 0.2) is 47.1 Å². The van der Waals surface area contributed by atoms with E-state index < -0.39 is 18.1 Å². The van der Waals surface area contributed by atoms with Gasteiger partial charge in [-0.05, 0) is 61.9 Å². The van der Waals surface area contributed by atoms with Gasteiger partial charge < -0.3 is 30.1 Å². The second kappa shape index (κ2) is 14.6. The first-order valence-corrected chi connectivity index (χ1v) is 17.2. The van der Waals surface area contributed by atoms with E-state index in [-0.39, 0.29) is 36.7 Å². The Morgan fingerprint density at radius 1 is 1.06 bits per heavy atom. The van der Waals surface area contributed by atoms with Gasteiger partial charge in [0.05, 0.1) is 17.8 Å². The Bertz CT molecular complexity index is 1490. The SMILES string of the molecule is CC(C)[C@H](C(=O)N1C[C@H](O)C[C@H]1C(=O)N[C@@H](C)c1ccc(-c2ccnn2C)cc1)c1cc(N2CCN(CC3CCNCC3)CC2)no1. The number of aromatic nitrogens is 3. The molecule has 2 aromatic heterocycles. The summed E-state index contributed by atoms with van der Waals surface area (Å²) in [5, 5.41) is 25.8. The van der Waals surface area contributed by atoms with Crippen LogP contribution in [0.25, 0.3) is 11.3 Å². The van der Waals surface area contributed by atoms with Crippen molar-refractivity contribution in [1.82, 2.24) is 35.4 Å². The van der Waals surface area contributed by atoms with Gasteiger partial charge in [-0.2, -0.15) is 5.10 Å². The minimum atomic E-state index is -0.776. The molecule has 0 unspecified atom stereocenters. The van der Waals surface area contributed by atoms with Gasteiger partial charge in [0.15, 0.2) is 11.6 Å². The second-order valence-corrected chi connectivity index (χ2v) is 13.9. The predicted octanol–water partition coefficient (Wildman–Crippen LogP) is 2.78. The van der Waals surface area contributed by atoms with E-state index in [4.69, 9.17) is 4.52 Å². The normalized spacial score (nSPS) is 22.5. The lowest BCUT2D eigenvalue weighted by atomic mass is 9.91. The smallest absolute Gasteiger partial charge is 0.243 e. The van der Waals surface area contributed by atoms with Crippen molar-refractivity contribution in [3.8, 4) is 11.3 Å². The number of hydrogen-bond acceptors (Lipinski definition) is 9. The van der Waals surface area contributed by atoms with Gasteiger partial charge >= 0.3 is 0 Å². The zero-order valence-corrected chi connectivity index (χ0v) is 28.1. The van der Waals surface area contributed by atoms with Crippen LogP contribution in [0.4, 0.5) is 5.82 Å². The molecule has 0 radical (unpaired) electrons. The van der Waals surface area contributed by atoms with E-state index in [1.54, 1.807) is 6.20 Å². The van der Waals surface area contributed by atoms with Gasteiger partial charge in [-0.1, -0.05) is 43.3 Å². The highest BCUT2D eigenvalue weighted by Crippen LogP contribution is 2.33. The molecule has 5 heterocycles. The molecule has 3 saturated heterocycles. The summed E-state index contributed by atoms with van der Waals surface area (Å²) in [6, 6.07) is 10.8. The van der Waals surface area contributed by atoms with E-state index in [0.29, 0.717) is 5.76 Å². The number of piperidine rings is 1. The van der Waals surface area contributed by atoms with Crippen molar-refractivity contribution in [3.05, 3.63) is 53.9 Å². The highest BCUT2D eigenvalue weighted by atomic mass is 16.5. The van der Waals surface area contributed by atoms with Gasteiger partial charge in [0.2, 0.25) is 11.8 Å². The number of β-amino-alcohol motifs (C(OH)–C–C–N with tert-alkyl or cyclic N) is 1. The maximum atomic E-state index is 14.1. The average Bonchev–Trinajstić information content (AvgIpc) is 3.82. The first-order valence-electron chi connectivity index (χ1n) is 17.2. The molecule has 3 aliphatic rings. The quantitative estimate of drug-likeness (QED) is 0.304. The molecule has 3 aromatic rings. The number of nitrogens with one attached hydrogen (secondary N) is 2. The number of piperazine rings is 1. The van der Waals surface area contributed by atoms with Crippen LogP contribution in [-0.4, -0.2) is 106 Å². The molecule has 0 spiro atoms. The van der Waals surface area contributed by atoms with E-state index in [9.17, 15) is 14.7 Å². The molecule has 0 aliphatic carbocycles. The molecular formula is C35H50N8O4. The summed E-state index contributed by atoms with van der Waals surface area (Å²) in [5.41, 5.74) is 2.99. The molecule has 6 rings (SSSR count). The number of rotatable bonds is 10. The first kappa shape index (κ1) is 33.2. The predicted molar refractivity (Wildman–Crippen MR) is 180 cm³/mol. The fourth-order valence-electron chi connectivity index (χ4n) is 7.38. The zero-order chi connectivity index (χ0) is 33.1. The van der Waals surface area contributed by atoms with Gasteiger partial charge in [-0.3, -0.25) is 19.2 Å². The highest BCUT2D eigenvalue weighted by Gasteiger charge is 2.43. The van der Waals surface area contributed by atoms with Crippen molar-refractivity contribution in [1.29, 1.82) is 0 Å². The Morgan fingerprint density at radius 3 is 2.45 bits per heavy atom. The van der Waals surface area contributed by atoms with Crippen LogP contribution in [0, 0.1) is 11.8 Å². The average molecular weight is 647 g/mol. The summed E-state index contributed by atoms with van der Waals surface area (Å²) in [7, 11) is 1.90. The van der Waals surface area contributed by atoms with Crippen LogP contribution in [0.2, 0.25) is 0 Å². The lowest BCUT2D eigenvalue weighted by Gasteiger charge is -2.37. The van der Waals surface area contributed by atoms with Gasteiger partial charge in [0.1, 0.15) is 12.0 Å². The maximum Gasteiger partial charge on any atom is 0.243 e. The zero-order valence-electron chi connectivity index (χ0n) is 28.1. The molecule has 1 aromatic carbocycles. The summed E-state index contributed by atoms with van der Waals surface area (Å²) >= 11 is 0. The maximum absolute atomic E-state index is 14.1. The summed E-state index contributed by atoms with van der Waals surface area (Å²) in [6.45, 7) is 13.1. The molecule has 3 aliphatic heterocycles. The molecule has 254 valence electrons. The van der Waals surface area contributed by atoms with Crippen LogP contribution in [0.5, 0.6) is 0 Å². The lowest BCUT2D eigenvalue weighted by molar-refractivity contribution is -0.141. The number of carbonyl (C=O) groups is 2. The number of hydrogen-bond donors (Lipinski definition) is 3. The topological polar surface area (TPSA) is 132 Å². The Hall–Kier alpha value is -3.74. The Labute approximate surface area is 277 Å². The Balaban J connectivity index is 1.08. The van der Waals surface area contributed by atoms with Crippen LogP contribution in [-0.2, 0) is 16.6 Å². The molecule has 3 fully saturated rings. The van der Waals surface area contributed by atoms with E-state index in [1.807, 2.05) is 68.9 Å². The number of nitrogens with zero attached hydrogens (tertiary/aromatic N) is 6. The molecule has 47 heavy (non-hydrogen) atoms. The molecule has 2 amide bonds. The van der Waals surface area contributed by atoms with E-state index in [1.165, 1.54) is 17.7 Å². The van der Waals surface area contributed by atoms with E-state index >= 15 is 0 Å². The standard InChI is InChI=1S/C35H50N8O4/c1-23(2)33(31-20-32(39-47-31)42-17-15-41(16-18-42)21-25-9-12-36-13-10-25)35(46)43-22-28(44)19-30(43)34(45)38-24(3)26-5-7-27(8-6-26)29-11-14-37-40(29)4/h5-8,11,14,20,23-25,28,30,33,36,44H,9-10,12-13,15-19,21-22H2,1-4H3,(H,38,45)/t24-,28+,30-,33-/m0/s1. The third-order valence-electron chi connectivity index (χ3n) is 10.2. The fraction of sp³-hybridized carbons (Fsp3) is 0.600. The number of carbonyl (C=O) groups excluding carboxylic acids is 2. The number of anilines is 1.